The highest BCUT2D eigenvalue weighted by atomic mass is 35.5. The number of carbonyl (C=O) groups is 2. The van der Waals surface area contributed by atoms with Crippen LogP contribution in [0.15, 0.2) is 35.9 Å². The molecular weight excluding hydrogens is 461 g/mol. The minimum atomic E-state index is -0.935. The van der Waals surface area contributed by atoms with Crippen LogP contribution in [0.25, 0.3) is 5.76 Å². The average molecular weight is 482 g/mol. The molecule has 8 nitrogen and oxygen atoms in total. The van der Waals surface area contributed by atoms with Crippen LogP contribution in [0.1, 0.15) is 17.2 Å². The molecule has 0 aliphatic carbocycles. The highest BCUT2D eigenvalue weighted by molar-refractivity contribution is 6.47. The number of phenolic OH excluding ortho intramolecular Hbond substituents is 1. The third kappa shape index (κ3) is 4.09. The molecule has 1 atom stereocenters. The van der Waals surface area contributed by atoms with Crippen molar-refractivity contribution in [3.8, 4) is 17.2 Å². The number of halogens is 2. The van der Waals surface area contributed by atoms with E-state index in [0.29, 0.717) is 5.56 Å². The number of hydrogen-bond donors (Lipinski definition) is 2. The first kappa shape index (κ1) is 23.7. The van der Waals surface area contributed by atoms with E-state index in [2.05, 4.69) is 0 Å². The molecule has 1 aliphatic rings. The Morgan fingerprint density at radius 3 is 2.25 bits per heavy atom. The fraction of sp³-hybridized carbons (Fsp3) is 0.273. The minimum absolute atomic E-state index is 0.00107. The minimum Gasteiger partial charge on any atom is -0.508 e. The number of phenols is 1. The van der Waals surface area contributed by atoms with Crippen LogP contribution in [0.5, 0.6) is 17.2 Å². The van der Waals surface area contributed by atoms with Crippen molar-refractivity contribution in [2.45, 2.75) is 6.04 Å². The van der Waals surface area contributed by atoms with Crippen molar-refractivity contribution >= 4 is 40.7 Å². The Kier molecular flexibility index (Phi) is 7.18. The molecular formula is C22H21Cl2NO7. The second-order valence-electron chi connectivity index (χ2n) is 6.86. The summed E-state index contributed by atoms with van der Waals surface area (Å²) < 4.78 is 15.6. The van der Waals surface area contributed by atoms with Crippen molar-refractivity contribution in [2.24, 2.45) is 0 Å². The molecule has 1 amide bonds. The van der Waals surface area contributed by atoms with Gasteiger partial charge in [-0.05, 0) is 23.8 Å². The number of carbonyl (C=O) groups excluding carboxylic acids is 2. The fourth-order valence-electron chi connectivity index (χ4n) is 3.60. The lowest BCUT2D eigenvalue weighted by atomic mass is 9.95. The van der Waals surface area contributed by atoms with Crippen LogP contribution in [0, 0.1) is 0 Å². The van der Waals surface area contributed by atoms with Crippen molar-refractivity contribution in [3.63, 3.8) is 0 Å². The summed E-state index contributed by atoms with van der Waals surface area (Å²) >= 11 is 12.6. The van der Waals surface area contributed by atoms with Gasteiger partial charge >= 0.3 is 0 Å². The molecule has 170 valence electrons. The van der Waals surface area contributed by atoms with Crippen molar-refractivity contribution in [2.75, 3.05) is 34.5 Å². The molecule has 0 bridgehead atoms. The smallest absolute Gasteiger partial charge is 0.295 e. The lowest BCUT2D eigenvalue weighted by molar-refractivity contribution is -0.140. The first-order valence-electron chi connectivity index (χ1n) is 9.43. The number of benzene rings is 2. The highest BCUT2D eigenvalue weighted by Crippen LogP contribution is 2.47. The fourth-order valence-corrected chi connectivity index (χ4v) is 4.28. The van der Waals surface area contributed by atoms with E-state index in [1.54, 1.807) is 12.1 Å². The number of ketones is 1. The molecule has 0 aromatic heterocycles. The van der Waals surface area contributed by atoms with Crippen molar-refractivity contribution in [3.05, 3.63) is 57.1 Å². The third-order valence-electron chi connectivity index (χ3n) is 5.08. The van der Waals surface area contributed by atoms with Gasteiger partial charge in [-0.2, -0.15) is 0 Å². The Morgan fingerprint density at radius 2 is 1.69 bits per heavy atom. The van der Waals surface area contributed by atoms with E-state index in [9.17, 15) is 19.8 Å². The van der Waals surface area contributed by atoms with Crippen molar-refractivity contribution in [1.82, 2.24) is 4.90 Å². The molecule has 2 N–H and O–H groups in total. The molecule has 1 unspecified atom stereocenters. The monoisotopic (exact) mass is 481 g/mol. The van der Waals surface area contributed by atoms with E-state index in [1.807, 2.05) is 0 Å². The first-order chi connectivity index (χ1) is 15.3. The summed E-state index contributed by atoms with van der Waals surface area (Å²) in [7, 11) is 4.18. The molecule has 1 saturated heterocycles. The molecule has 2 aromatic carbocycles. The molecule has 0 saturated carbocycles. The number of aliphatic hydroxyl groups is 1. The number of hydrogen-bond acceptors (Lipinski definition) is 7. The molecule has 0 spiro atoms. The average Bonchev–Trinajstić information content (AvgIpc) is 3.02. The Hall–Kier alpha value is -2.94. The van der Waals surface area contributed by atoms with E-state index in [1.165, 1.54) is 44.4 Å². The Labute approximate surface area is 194 Å². The lowest BCUT2D eigenvalue weighted by Crippen LogP contribution is -2.32. The van der Waals surface area contributed by atoms with Crippen LogP contribution in [-0.2, 0) is 14.3 Å². The quantitative estimate of drug-likeness (QED) is 0.352. The van der Waals surface area contributed by atoms with E-state index in [4.69, 9.17) is 37.4 Å². The van der Waals surface area contributed by atoms with Gasteiger partial charge in [0.2, 0.25) is 0 Å². The lowest BCUT2D eigenvalue weighted by Gasteiger charge is -2.25. The SMILES string of the molecule is COCCN1C(=O)C(=O)/C(=C(/O)c2cc(Cl)c(OC)c(Cl)c2OC)C1c1ccc(O)cc1. The van der Waals surface area contributed by atoms with Crippen LogP contribution < -0.4 is 9.47 Å². The van der Waals surface area contributed by atoms with Crippen LogP contribution in [0.3, 0.4) is 0 Å². The van der Waals surface area contributed by atoms with E-state index < -0.39 is 23.5 Å². The predicted octanol–water partition coefficient (Wildman–Crippen LogP) is 3.78. The molecule has 2 aromatic rings. The van der Waals surface area contributed by atoms with Crippen molar-refractivity contribution < 1.29 is 34.0 Å². The standard InChI is InChI=1S/C22H21Cl2NO7/c1-30-9-8-25-17(11-4-6-12(26)7-5-11)15(19(28)22(25)29)18(27)13-10-14(23)21(32-3)16(24)20(13)31-2/h4-7,10,17,26-27H,8-9H2,1-3H3/b18-15+. The van der Waals surface area contributed by atoms with Gasteiger partial charge in [-0.15, -0.1) is 0 Å². The van der Waals surface area contributed by atoms with Gasteiger partial charge in [-0.1, -0.05) is 35.3 Å². The van der Waals surface area contributed by atoms with Gasteiger partial charge in [-0.25, -0.2) is 0 Å². The van der Waals surface area contributed by atoms with Crippen molar-refractivity contribution in [1.29, 1.82) is 0 Å². The number of amides is 1. The zero-order valence-corrected chi connectivity index (χ0v) is 19.0. The number of likely N-dealkylation sites (tertiary alicyclic amines) is 1. The number of ether oxygens (including phenoxy) is 3. The zero-order valence-electron chi connectivity index (χ0n) is 17.5. The maximum Gasteiger partial charge on any atom is 0.295 e. The van der Waals surface area contributed by atoms with E-state index in [0.717, 1.165) is 0 Å². The number of rotatable bonds is 7. The normalized spacial score (nSPS) is 17.7. The summed E-state index contributed by atoms with van der Waals surface area (Å²) in [5.74, 6) is -2.02. The Morgan fingerprint density at radius 1 is 1.06 bits per heavy atom. The topological polar surface area (TPSA) is 106 Å². The predicted molar refractivity (Wildman–Crippen MR) is 119 cm³/mol. The number of Topliss-reactive ketones (excluding diaryl/α,β-unsaturated/α-hetero) is 1. The van der Waals surface area contributed by atoms with Crippen LogP contribution in [-0.4, -0.2) is 61.3 Å². The Balaban J connectivity index is 2.27. The maximum atomic E-state index is 13.0. The molecule has 1 aliphatic heterocycles. The molecule has 1 heterocycles. The Bertz CT molecular complexity index is 1080. The summed E-state index contributed by atoms with van der Waals surface area (Å²) in [6, 6.07) is 6.38. The number of aliphatic hydroxyl groups excluding tert-OH is 1. The van der Waals surface area contributed by atoms with E-state index in [-0.39, 0.29) is 51.6 Å². The van der Waals surface area contributed by atoms with Gasteiger partial charge in [-0.3, -0.25) is 9.59 Å². The van der Waals surface area contributed by atoms with Crippen LogP contribution in [0.2, 0.25) is 10.0 Å². The molecule has 10 heteroatoms. The summed E-state index contributed by atoms with van der Waals surface area (Å²) in [5.41, 5.74) is 0.355. The van der Waals surface area contributed by atoms with Gasteiger partial charge in [0.05, 0.1) is 43.0 Å². The van der Waals surface area contributed by atoms with Gasteiger partial charge in [0.15, 0.2) is 11.5 Å². The van der Waals surface area contributed by atoms with Gasteiger partial charge in [0.25, 0.3) is 11.7 Å². The highest BCUT2D eigenvalue weighted by Gasteiger charge is 2.46. The summed E-state index contributed by atoms with van der Waals surface area (Å²) in [6.07, 6.45) is 0. The number of aromatic hydroxyl groups is 1. The molecule has 0 radical (unpaired) electrons. The van der Waals surface area contributed by atoms with Gasteiger partial charge < -0.3 is 29.3 Å². The summed E-state index contributed by atoms with van der Waals surface area (Å²) in [4.78, 5) is 27.1. The molecule has 3 rings (SSSR count). The van der Waals surface area contributed by atoms with Gasteiger partial charge in [0.1, 0.15) is 16.5 Å². The maximum absolute atomic E-state index is 13.0. The number of nitrogens with zero attached hydrogens (tertiary/aromatic N) is 1. The second-order valence-corrected chi connectivity index (χ2v) is 7.65. The molecule has 1 fully saturated rings. The van der Waals surface area contributed by atoms with E-state index >= 15 is 0 Å². The number of methoxy groups -OCH3 is 3. The molecule has 32 heavy (non-hydrogen) atoms. The summed E-state index contributed by atoms with van der Waals surface area (Å²) in [6.45, 7) is 0.274. The third-order valence-corrected chi connectivity index (χ3v) is 5.70. The first-order valence-corrected chi connectivity index (χ1v) is 10.2. The zero-order chi connectivity index (χ0) is 23.6. The van der Waals surface area contributed by atoms with Crippen LogP contribution >= 0.6 is 23.2 Å². The second kappa shape index (κ2) is 9.68. The summed E-state index contributed by atoms with van der Waals surface area (Å²) in [5, 5.41) is 21.0. The largest absolute Gasteiger partial charge is 0.508 e. The van der Waals surface area contributed by atoms with Crippen LogP contribution in [0.4, 0.5) is 0 Å². The van der Waals surface area contributed by atoms with Gasteiger partial charge in [0, 0.05) is 13.7 Å².